The lowest BCUT2D eigenvalue weighted by atomic mass is 10.1. The van der Waals surface area contributed by atoms with Crippen LogP contribution in [0.5, 0.6) is 5.75 Å². The van der Waals surface area contributed by atoms with Crippen molar-refractivity contribution in [2.75, 3.05) is 20.0 Å². The van der Waals surface area contributed by atoms with Gasteiger partial charge in [-0.25, -0.2) is 19.2 Å². The average molecular weight is 317 g/mol. The quantitative estimate of drug-likeness (QED) is 0.740. The highest BCUT2D eigenvalue weighted by Crippen LogP contribution is 2.31. The maximum atomic E-state index is 14.3. The Balaban J connectivity index is 2.24. The Morgan fingerprint density at radius 2 is 2.09 bits per heavy atom. The van der Waals surface area contributed by atoms with Gasteiger partial charge in [-0.15, -0.1) is 0 Å². The summed E-state index contributed by atoms with van der Waals surface area (Å²) >= 11 is 0. The zero-order valence-electron chi connectivity index (χ0n) is 12.3. The SMILES string of the molecule is COC(=O)c1nc(-c2cc3ccoc3cc2F)nc(N)c1OC. The van der Waals surface area contributed by atoms with Gasteiger partial charge in [-0.1, -0.05) is 0 Å². The van der Waals surface area contributed by atoms with Crippen molar-refractivity contribution in [3.8, 4) is 17.1 Å². The number of ether oxygens (including phenoxy) is 2. The molecule has 0 unspecified atom stereocenters. The molecule has 0 aliphatic heterocycles. The summed E-state index contributed by atoms with van der Waals surface area (Å²) in [7, 11) is 2.51. The molecule has 3 aromatic rings. The largest absolute Gasteiger partial charge is 0.491 e. The molecular formula is C15H12FN3O4. The van der Waals surface area contributed by atoms with Crippen LogP contribution < -0.4 is 10.5 Å². The van der Waals surface area contributed by atoms with Crippen LogP contribution in [-0.2, 0) is 4.74 Å². The molecular weight excluding hydrogens is 305 g/mol. The van der Waals surface area contributed by atoms with Crippen molar-refractivity contribution < 1.29 is 23.1 Å². The first-order valence-electron chi connectivity index (χ1n) is 6.52. The Morgan fingerprint density at radius 1 is 1.30 bits per heavy atom. The van der Waals surface area contributed by atoms with Gasteiger partial charge in [0, 0.05) is 11.5 Å². The number of aromatic nitrogens is 2. The molecule has 2 N–H and O–H groups in total. The fraction of sp³-hybridized carbons (Fsp3) is 0.133. The predicted octanol–water partition coefficient (Wildman–Crippen LogP) is 2.41. The van der Waals surface area contributed by atoms with Gasteiger partial charge < -0.3 is 19.6 Å². The van der Waals surface area contributed by atoms with Crippen molar-refractivity contribution in [3.63, 3.8) is 0 Å². The molecule has 0 atom stereocenters. The highest BCUT2D eigenvalue weighted by Gasteiger charge is 2.22. The monoisotopic (exact) mass is 317 g/mol. The first-order chi connectivity index (χ1) is 11.0. The number of methoxy groups -OCH3 is 2. The summed E-state index contributed by atoms with van der Waals surface area (Å²) in [5, 5.41) is 0.666. The van der Waals surface area contributed by atoms with E-state index in [9.17, 15) is 9.18 Å². The van der Waals surface area contributed by atoms with Crippen LogP contribution in [0.3, 0.4) is 0 Å². The number of nitrogens with two attached hydrogens (primary N) is 1. The highest BCUT2D eigenvalue weighted by molar-refractivity contribution is 5.93. The smallest absolute Gasteiger partial charge is 0.360 e. The minimum atomic E-state index is -0.762. The number of anilines is 1. The van der Waals surface area contributed by atoms with Crippen molar-refractivity contribution in [1.82, 2.24) is 9.97 Å². The molecule has 7 nitrogen and oxygen atoms in total. The lowest BCUT2D eigenvalue weighted by Crippen LogP contribution is -2.12. The summed E-state index contributed by atoms with van der Waals surface area (Å²) in [5.74, 6) is -1.53. The fourth-order valence-corrected chi connectivity index (χ4v) is 2.18. The van der Waals surface area contributed by atoms with Crippen molar-refractivity contribution in [3.05, 3.63) is 36.0 Å². The summed E-state index contributed by atoms with van der Waals surface area (Å²) in [6, 6.07) is 4.40. The number of halogens is 1. The number of nitrogen functional groups attached to an aromatic ring is 1. The second kappa shape index (κ2) is 5.56. The number of nitrogens with zero attached hydrogens (tertiary/aromatic N) is 2. The number of benzene rings is 1. The Bertz CT molecular complexity index is 907. The van der Waals surface area contributed by atoms with Crippen LogP contribution >= 0.6 is 0 Å². The Labute approximate surface area is 129 Å². The third kappa shape index (κ3) is 2.44. The van der Waals surface area contributed by atoms with Crippen LogP contribution in [0.15, 0.2) is 28.9 Å². The molecule has 0 bridgehead atoms. The molecule has 2 heterocycles. The van der Waals surface area contributed by atoms with E-state index in [0.717, 1.165) is 0 Å². The Morgan fingerprint density at radius 3 is 2.78 bits per heavy atom. The van der Waals surface area contributed by atoms with Gasteiger partial charge in [0.15, 0.2) is 23.1 Å². The molecule has 23 heavy (non-hydrogen) atoms. The van der Waals surface area contributed by atoms with E-state index in [2.05, 4.69) is 14.7 Å². The Kier molecular flexibility index (Phi) is 3.57. The van der Waals surface area contributed by atoms with Crippen LogP contribution in [0.2, 0.25) is 0 Å². The van der Waals surface area contributed by atoms with E-state index >= 15 is 0 Å². The highest BCUT2D eigenvalue weighted by atomic mass is 19.1. The second-order valence-corrected chi connectivity index (χ2v) is 4.60. The number of fused-ring (bicyclic) bond motifs is 1. The minimum Gasteiger partial charge on any atom is -0.491 e. The topological polar surface area (TPSA) is 100 Å². The normalized spacial score (nSPS) is 10.7. The summed E-state index contributed by atoms with van der Waals surface area (Å²) in [4.78, 5) is 19.9. The van der Waals surface area contributed by atoms with Gasteiger partial charge in [0.2, 0.25) is 0 Å². The van der Waals surface area contributed by atoms with Gasteiger partial charge in [0.05, 0.1) is 26.0 Å². The number of hydrogen-bond acceptors (Lipinski definition) is 7. The van der Waals surface area contributed by atoms with Gasteiger partial charge >= 0.3 is 5.97 Å². The maximum absolute atomic E-state index is 14.3. The summed E-state index contributed by atoms with van der Waals surface area (Å²) in [5.41, 5.74) is 6.08. The third-order valence-corrected chi connectivity index (χ3v) is 3.26. The molecule has 0 amide bonds. The summed E-state index contributed by atoms with van der Waals surface area (Å²) < 4.78 is 29.1. The molecule has 3 rings (SSSR count). The van der Waals surface area contributed by atoms with Gasteiger partial charge in [-0.2, -0.15) is 0 Å². The first-order valence-corrected chi connectivity index (χ1v) is 6.52. The summed E-state index contributed by atoms with van der Waals surface area (Å²) in [6.45, 7) is 0. The lowest BCUT2D eigenvalue weighted by Gasteiger charge is -2.11. The molecule has 0 aliphatic rings. The number of esters is 1. The van der Waals surface area contributed by atoms with Gasteiger partial charge in [-0.05, 0) is 12.1 Å². The van der Waals surface area contributed by atoms with Crippen LogP contribution in [-0.4, -0.2) is 30.2 Å². The molecule has 1 aromatic carbocycles. The van der Waals surface area contributed by atoms with Crippen LogP contribution in [0.4, 0.5) is 10.2 Å². The van der Waals surface area contributed by atoms with Crippen molar-refractivity contribution in [2.45, 2.75) is 0 Å². The van der Waals surface area contributed by atoms with Crippen molar-refractivity contribution in [1.29, 1.82) is 0 Å². The van der Waals surface area contributed by atoms with Crippen LogP contribution in [0.25, 0.3) is 22.4 Å². The van der Waals surface area contributed by atoms with Gasteiger partial charge in [-0.3, -0.25) is 0 Å². The first kappa shape index (κ1) is 14.8. The lowest BCUT2D eigenvalue weighted by molar-refractivity contribution is 0.0590. The van der Waals surface area contributed by atoms with E-state index in [1.165, 1.54) is 32.6 Å². The zero-order chi connectivity index (χ0) is 16.6. The molecule has 0 saturated carbocycles. The minimum absolute atomic E-state index is 0.0228. The van der Waals surface area contributed by atoms with E-state index in [0.29, 0.717) is 11.0 Å². The van der Waals surface area contributed by atoms with Crippen LogP contribution in [0, 0.1) is 5.82 Å². The average Bonchev–Trinajstić information content (AvgIpc) is 2.99. The third-order valence-electron chi connectivity index (χ3n) is 3.26. The summed E-state index contributed by atoms with van der Waals surface area (Å²) in [6.07, 6.45) is 1.44. The molecule has 0 radical (unpaired) electrons. The van der Waals surface area contributed by atoms with Crippen molar-refractivity contribution >= 4 is 22.8 Å². The molecule has 0 fully saturated rings. The van der Waals surface area contributed by atoms with E-state index in [4.69, 9.17) is 14.9 Å². The van der Waals surface area contributed by atoms with E-state index in [1.54, 1.807) is 6.07 Å². The second-order valence-electron chi connectivity index (χ2n) is 4.60. The van der Waals surface area contributed by atoms with E-state index < -0.39 is 11.8 Å². The molecule has 0 spiro atoms. The number of carbonyl (C=O) groups is 1. The van der Waals surface area contributed by atoms with Gasteiger partial charge in [0.25, 0.3) is 0 Å². The van der Waals surface area contributed by atoms with Gasteiger partial charge in [0.1, 0.15) is 11.4 Å². The van der Waals surface area contributed by atoms with E-state index in [1.807, 2.05) is 0 Å². The predicted molar refractivity (Wildman–Crippen MR) is 79.5 cm³/mol. The van der Waals surface area contributed by atoms with Crippen molar-refractivity contribution in [2.24, 2.45) is 0 Å². The number of rotatable bonds is 3. The van der Waals surface area contributed by atoms with E-state index in [-0.39, 0.29) is 28.6 Å². The molecule has 0 aliphatic carbocycles. The molecule has 118 valence electrons. The number of furan rings is 1. The molecule has 8 heteroatoms. The maximum Gasteiger partial charge on any atom is 0.360 e. The Hall–Kier alpha value is -3.16. The zero-order valence-corrected chi connectivity index (χ0v) is 12.3. The molecule has 0 saturated heterocycles. The van der Waals surface area contributed by atoms with Crippen LogP contribution in [0.1, 0.15) is 10.5 Å². The fourth-order valence-electron chi connectivity index (χ4n) is 2.18. The standard InChI is InChI=1S/C15H12FN3O4/c1-21-12-11(15(20)22-2)18-14(19-13(12)17)8-5-7-3-4-23-10(7)6-9(8)16/h3-6H,1-2H3,(H2,17,18,19). The number of hydrogen-bond donors (Lipinski definition) is 1. The number of carbonyl (C=O) groups excluding carboxylic acids is 1. The molecule has 2 aromatic heterocycles.